The van der Waals surface area contributed by atoms with Crippen LogP contribution in [0.1, 0.15) is 43.0 Å². The van der Waals surface area contributed by atoms with Gasteiger partial charge in [-0.05, 0) is 61.3 Å². The molecular weight excluding hydrogens is 446 g/mol. The average molecular weight is 476 g/mol. The SMILES string of the molecule is Cc1nc(-c2ccc3ccnc(N[C@H]4C[C@@H](C(=O)Nc5cc(C)c(CC(C)C)s5)C4)c3c2)no1. The lowest BCUT2D eigenvalue weighted by Crippen LogP contribution is -2.42. The second-order valence-electron chi connectivity index (χ2n) is 9.55. The molecule has 0 atom stereocenters. The van der Waals surface area contributed by atoms with Crippen LogP contribution in [-0.4, -0.2) is 27.1 Å². The summed E-state index contributed by atoms with van der Waals surface area (Å²) >= 11 is 1.70. The van der Waals surface area contributed by atoms with Crippen molar-refractivity contribution in [2.75, 3.05) is 10.6 Å². The van der Waals surface area contributed by atoms with Crippen LogP contribution in [0.2, 0.25) is 0 Å². The van der Waals surface area contributed by atoms with Crippen molar-refractivity contribution in [3.05, 3.63) is 52.9 Å². The monoisotopic (exact) mass is 475 g/mol. The molecular formula is C26H29N5O2S. The van der Waals surface area contributed by atoms with Crippen molar-refractivity contribution in [3.63, 3.8) is 0 Å². The van der Waals surface area contributed by atoms with Crippen LogP contribution in [0.3, 0.4) is 0 Å². The molecule has 1 fully saturated rings. The maximum atomic E-state index is 12.8. The summed E-state index contributed by atoms with van der Waals surface area (Å²) in [5.41, 5.74) is 2.15. The van der Waals surface area contributed by atoms with Crippen LogP contribution in [0, 0.1) is 25.7 Å². The van der Waals surface area contributed by atoms with Crippen molar-refractivity contribution in [1.82, 2.24) is 15.1 Å². The van der Waals surface area contributed by atoms with Crippen LogP contribution < -0.4 is 10.6 Å². The van der Waals surface area contributed by atoms with Gasteiger partial charge in [0.1, 0.15) is 5.82 Å². The normalized spacial score (nSPS) is 17.7. The highest BCUT2D eigenvalue weighted by molar-refractivity contribution is 7.16. The van der Waals surface area contributed by atoms with E-state index in [2.05, 4.69) is 52.6 Å². The smallest absolute Gasteiger partial charge is 0.228 e. The van der Waals surface area contributed by atoms with Crippen molar-refractivity contribution in [1.29, 1.82) is 0 Å². The lowest BCUT2D eigenvalue weighted by Gasteiger charge is -2.35. The number of carbonyl (C=O) groups excluding carboxylic acids is 1. The summed E-state index contributed by atoms with van der Waals surface area (Å²) in [4.78, 5) is 23.0. The fraction of sp³-hybridized carbons (Fsp3) is 0.385. The number of amides is 1. The van der Waals surface area contributed by atoms with E-state index in [1.807, 2.05) is 24.3 Å². The molecule has 3 aromatic heterocycles. The Labute approximate surface area is 203 Å². The highest BCUT2D eigenvalue weighted by Gasteiger charge is 2.35. The van der Waals surface area contributed by atoms with Gasteiger partial charge in [0.2, 0.25) is 17.6 Å². The molecule has 8 heteroatoms. The molecule has 1 saturated carbocycles. The van der Waals surface area contributed by atoms with E-state index in [0.29, 0.717) is 17.6 Å². The first-order valence-corrected chi connectivity index (χ1v) is 12.5. The number of hydrogen-bond acceptors (Lipinski definition) is 7. The molecule has 0 aliphatic heterocycles. The third kappa shape index (κ3) is 4.68. The number of thiophene rings is 1. The van der Waals surface area contributed by atoms with Gasteiger partial charge in [0.25, 0.3) is 0 Å². The fourth-order valence-electron chi connectivity index (χ4n) is 4.36. The highest BCUT2D eigenvalue weighted by atomic mass is 32.1. The highest BCUT2D eigenvalue weighted by Crippen LogP contribution is 2.35. The van der Waals surface area contributed by atoms with Crippen LogP contribution in [0.15, 0.2) is 41.1 Å². The predicted octanol–water partition coefficient (Wildman–Crippen LogP) is 5.99. The summed E-state index contributed by atoms with van der Waals surface area (Å²) in [6.07, 6.45) is 4.43. The number of rotatable bonds is 7. The Morgan fingerprint density at radius 1 is 1.21 bits per heavy atom. The van der Waals surface area contributed by atoms with Gasteiger partial charge >= 0.3 is 0 Å². The summed E-state index contributed by atoms with van der Waals surface area (Å²) < 4.78 is 5.12. The minimum absolute atomic E-state index is 0.0151. The number of fused-ring (bicyclic) bond motifs is 1. The van der Waals surface area contributed by atoms with Gasteiger partial charge in [-0.2, -0.15) is 4.98 Å². The van der Waals surface area contributed by atoms with Gasteiger partial charge in [-0.3, -0.25) is 4.79 Å². The van der Waals surface area contributed by atoms with Gasteiger partial charge in [-0.1, -0.05) is 31.1 Å². The van der Waals surface area contributed by atoms with Crippen molar-refractivity contribution < 1.29 is 9.32 Å². The second kappa shape index (κ2) is 9.18. The number of pyridine rings is 1. The zero-order chi connectivity index (χ0) is 23.8. The molecule has 1 aromatic carbocycles. The van der Waals surface area contributed by atoms with Gasteiger partial charge in [0.05, 0.1) is 5.00 Å². The Bertz CT molecular complexity index is 1340. The van der Waals surface area contributed by atoms with Crippen LogP contribution in [0.5, 0.6) is 0 Å². The molecule has 0 unspecified atom stereocenters. The summed E-state index contributed by atoms with van der Waals surface area (Å²) in [7, 11) is 0. The number of nitrogens with one attached hydrogen (secondary N) is 2. The first-order valence-electron chi connectivity index (χ1n) is 11.7. The fourth-order valence-corrected chi connectivity index (χ4v) is 5.65. The molecule has 7 nitrogen and oxygen atoms in total. The predicted molar refractivity (Wildman–Crippen MR) is 136 cm³/mol. The van der Waals surface area contributed by atoms with E-state index in [1.165, 1.54) is 10.4 Å². The average Bonchev–Trinajstić information content (AvgIpc) is 3.34. The minimum atomic E-state index is 0.0151. The molecule has 1 aliphatic carbocycles. The van der Waals surface area contributed by atoms with E-state index >= 15 is 0 Å². The lowest BCUT2D eigenvalue weighted by atomic mass is 9.79. The molecule has 1 aliphatic rings. The van der Waals surface area contributed by atoms with Gasteiger partial charge in [0.15, 0.2) is 0 Å². The summed E-state index contributed by atoms with van der Waals surface area (Å²) in [5, 5.41) is 13.7. The maximum Gasteiger partial charge on any atom is 0.228 e. The largest absolute Gasteiger partial charge is 0.367 e. The molecule has 0 radical (unpaired) electrons. The zero-order valence-electron chi connectivity index (χ0n) is 19.9. The maximum absolute atomic E-state index is 12.8. The van der Waals surface area contributed by atoms with Gasteiger partial charge in [-0.25, -0.2) is 4.98 Å². The number of hydrogen-bond donors (Lipinski definition) is 2. The first kappa shape index (κ1) is 22.5. The van der Waals surface area contributed by atoms with Crippen LogP contribution in [0.25, 0.3) is 22.2 Å². The minimum Gasteiger partial charge on any atom is -0.367 e. The van der Waals surface area contributed by atoms with Gasteiger partial charge in [0, 0.05) is 40.9 Å². The van der Waals surface area contributed by atoms with Crippen LogP contribution >= 0.6 is 11.3 Å². The molecule has 1 amide bonds. The second-order valence-corrected chi connectivity index (χ2v) is 10.7. The Morgan fingerprint density at radius 2 is 2.03 bits per heavy atom. The van der Waals surface area contributed by atoms with Crippen molar-refractivity contribution in [3.8, 4) is 11.4 Å². The Hall–Kier alpha value is -3.26. The van der Waals surface area contributed by atoms with E-state index in [4.69, 9.17) is 4.52 Å². The number of benzene rings is 1. The third-order valence-corrected chi connectivity index (χ3v) is 7.44. The summed E-state index contributed by atoms with van der Waals surface area (Å²) in [6.45, 7) is 8.34. The van der Waals surface area contributed by atoms with E-state index in [0.717, 1.165) is 46.4 Å². The van der Waals surface area contributed by atoms with Crippen molar-refractivity contribution >= 4 is 38.8 Å². The molecule has 176 valence electrons. The topological polar surface area (TPSA) is 92.9 Å². The Morgan fingerprint density at radius 3 is 2.76 bits per heavy atom. The zero-order valence-corrected chi connectivity index (χ0v) is 20.7. The summed E-state index contributed by atoms with van der Waals surface area (Å²) in [6, 6.07) is 10.4. The van der Waals surface area contributed by atoms with Gasteiger partial charge in [-0.15, -0.1) is 11.3 Å². The number of aryl methyl sites for hydroxylation is 2. The first-order chi connectivity index (χ1) is 16.4. The number of nitrogens with zero attached hydrogens (tertiary/aromatic N) is 3. The number of aromatic nitrogens is 3. The lowest BCUT2D eigenvalue weighted by molar-refractivity contribution is -0.122. The molecule has 2 N–H and O–H groups in total. The van der Waals surface area contributed by atoms with Crippen molar-refractivity contribution in [2.45, 2.75) is 53.0 Å². The van der Waals surface area contributed by atoms with E-state index in [-0.39, 0.29) is 17.9 Å². The van der Waals surface area contributed by atoms with E-state index in [9.17, 15) is 4.79 Å². The quantitative estimate of drug-likeness (QED) is 0.341. The molecule has 0 bridgehead atoms. The Balaban J connectivity index is 1.23. The Kier molecular flexibility index (Phi) is 6.08. The number of carbonyl (C=O) groups is 1. The standard InChI is InChI=1S/C26H29N5O2S/c1-14(2)9-22-15(3)10-23(34-22)30-26(32)19-11-20(12-19)29-25-21-13-18(24-28-16(4)33-31-24)6-5-17(21)7-8-27-25/h5-8,10,13-14,19-20H,9,11-12H2,1-4H3,(H,27,29)(H,30,32)/t19-,20+. The summed E-state index contributed by atoms with van der Waals surface area (Å²) in [5.74, 6) is 2.64. The third-order valence-electron chi connectivity index (χ3n) is 6.26. The molecule has 0 saturated heterocycles. The van der Waals surface area contributed by atoms with Gasteiger partial charge < -0.3 is 15.2 Å². The van der Waals surface area contributed by atoms with Crippen molar-refractivity contribution in [2.24, 2.45) is 11.8 Å². The molecule has 5 rings (SSSR count). The number of anilines is 2. The van der Waals surface area contributed by atoms with E-state index < -0.39 is 0 Å². The molecule has 34 heavy (non-hydrogen) atoms. The molecule has 0 spiro atoms. The van der Waals surface area contributed by atoms with Crippen LogP contribution in [0.4, 0.5) is 10.8 Å². The molecule has 4 aromatic rings. The van der Waals surface area contributed by atoms with Crippen LogP contribution in [-0.2, 0) is 11.2 Å². The molecule has 3 heterocycles. The van der Waals surface area contributed by atoms with E-state index in [1.54, 1.807) is 24.5 Å².